The number of amides is 1. The molecule has 0 fully saturated rings. The molecule has 0 aliphatic carbocycles. The second kappa shape index (κ2) is 10.5. The standard InChI is InChI=1S/C26H29ClN2O4S/c1-26(2,3)23-7-5-6-8-24(23)33-18-17-28-25(30)19-9-13-21(14-10-19)29(4)34(31,32)22-15-11-20(27)12-16-22/h5-16H,17-18H2,1-4H3,(H,28,30). The van der Waals surface area contributed by atoms with Gasteiger partial charge in [-0.2, -0.15) is 0 Å². The zero-order valence-corrected chi connectivity index (χ0v) is 21.3. The minimum Gasteiger partial charge on any atom is -0.491 e. The van der Waals surface area contributed by atoms with E-state index in [-0.39, 0.29) is 16.2 Å². The number of carbonyl (C=O) groups is 1. The van der Waals surface area contributed by atoms with Crippen molar-refractivity contribution in [3.05, 3.63) is 88.9 Å². The average molecular weight is 501 g/mol. The monoisotopic (exact) mass is 500 g/mol. The van der Waals surface area contributed by atoms with Crippen molar-refractivity contribution in [3.8, 4) is 5.75 Å². The second-order valence-corrected chi connectivity index (χ2v) is 11.2. The van der Waals surface area contributed by atoms with Crippen LogP contribution >= 0.6 is 11.6 Å². The van der Waals surface area contributed by atoms with E-state index in [0.29, 0.717) is 29.4 Å². The summed E-state index contributed by atoms with van der Waals surface area (Å²) in [6.45, 7) is 7.04. The Morgan fingerprint density at radius 3 is 2.21 bits per heavy atom. The molecule has 0 aromatic heterocycles. The highest BCUT2D eigenvalue weighted by atomic mass is 35.5. The maximum absolute atomic E-state index is 12.8. The van der Waals surface area contributed by atoms with Gasteiger partial charge in [-0.15, -0.1) is 0 Å². The number of anilines is 1. The van der Waals surface area contributed by atoms with Gasteiger partial charge in [0.15, 0.2) is 0 Å². The molecular weight excluding hydrogens is 472 g/mol. The zero-order valence-electron chi connectivity index (χ0n) is 19.7. The SMILES string of the molecule is CN(c1ccc(C(=O)NCCOc2ccccc2C(C)(C)C)cc1)S(=O)(=O)c1ccc(Cl)cc1. The first-order chi connectivity index (χ1) is 16.0. The molecular formula is C26H29ClN2O4S. The van der Waals surface area contributed by atoms with Crippen molar-refractivity contribution in [2.45, 2.75) is 31.1 Å². The highest BCUT2D eigenvalue weighted by Crippen LogP contribution is 2.30. The number of carbonyl (C=O) groups excluding carboxylic acids is 1. The third-order valence-electron chi connectivity index (χ3n) is 5.31. The van der Waals surface area contributed by atoms with Gasteiger partial charge < -0.3 is 10.1 Å². The lowest BCUT2D eigenvalue weighted by molar-refractivity contribution is 0.0947. The van der Waals surface area contributed by atoms with Gasteiger partial charge in [0.25, 0.3) is 15.9 Å². The van der Waals surface area contributed by atoms with E-state index >= 15 is 0 Å². The van der Waals surface area contributed by atoms with E-state index in [0.717, 1.165) is 11.3 Å². The van der Waals surface area contributed by atoms with Crippen LogP contribution < -0.4 is 14.4 Å². The van der Waals surface area contributed by atoms with Gasteiger partial charge in [-0.25, -0.2) is 8.42 Å². The summed E-state index contributed by atoms with van der Waals surface area (Å²) >= 11 is 5.85. The number of halogens is 1. The minimum atomic E-state index is -3.74. The van der Waals surface area contributed by atoms with Crippen LogP contribution in [0.15, 0.2) is 77.7 Å². The van der Waals surface area contributed by atoms with Crippen LogP contribution in [-0.2, 0) is 15.4 Å². The third kappa shape index (κ3) is 6.10. The van der Waals surface area contributed by atoms with Gasteiger partial charge in [-0.3, -0.25) is 9.10 Å². The molecule has 3 rings (SSSR count). The van der Waals surface area contributed by atoms with Crippen molar-refractivity contribution in [3.63, 3.8) is 0 Å². The number of nitrogens with zero attached hydrogens (tertiary/aromatic N) is 1. The van der Waals surface area contributed by atoms with Crippen LogP contribution in [0.25, 0.3) is 0 Å². The third-order valence-corrected chi connectivity index (χ3v) is 7.36. The number of benzene rings is 3. The van der Waals surface area contributed by atoms with Crippen molar-refractivity contribution < 1.29 is 17.9 Å². The van der Waals surface area contributed by atoms with E-state index in [1.54, 1.807) is 24.3 Å². The molecule has 8 heteroatoms. The van der Waals surface area contributed by atoms with E-state index < -0.39 is 10.0 Å². The van der Waals surface area contributed by atoms with Crippen LogP contribution in [0.2, 0.25) is 5.02 Å². The molecule has 180 valence electrons. The number of hydrogen-bond acceptors (Lipinski definition) is 4. The van der Waals surface area contributed by atoms with E-state index in [9.17, 15) is 13.2 Å². The Labute approximate surface area is 206 Å². The molecule has 0 heterocycles. The summed E-state index contributed by atoms with van der Waals surface area (Å²) in [5.41, 5.74) is 1.93. The summed E-state index contributed by atoms with van der Waals surface area (Å²) in [6, 6.07) is 20.2. The molecule has 3 aromatic carbocycles. The molecule has 1 amide bonds. The number of nitrogens with one attached hydrogen (secondary N) is 1. The molecule has 0 bridgehead atoms. The lowest BCUT2D eigenvalue weighted by atomic mass is 9.86. The van der Waals surface area contributed by atoms with E-state index in [1.807, 2.05) is 24.3 Å². The fourth-order valence-electron chi connectivity index (χ4n) is 3.37. The first-order valence-electron chi connectivity index (χ1n) is 10.9. The molecule has 0 radical (unpaired) electrons. The van der Waals surface area contributed by atoms with Gasteiger partial charge in [-0.05, 0) is 65.6 Å². The Bertz CT molecular complexity index is 1240. The fraction of sp³-hybridized carbons (Fsp3) is 0.269. The van der Waals surface area contributed by atoms with E-state index in [2.05, 4.69) is 26.1 Å². The lowest BCUT2D eigenvalue weighted by Crippen LogP contribution is -2.29. The number of hydrogen-bond donors (Lipinski definition) is 1. The van der Waals surface area contributed by atoms with E-state index in [4.69, 9.17) is 16.3 Å². The molecule has 0 aliphatic rings. The van der Waals surface area contributed by atoms with Gasteiger partial charge in [0.05, 0.1) is 17.1 Å². The number of rotatable bonds is 8. The van der Waals surface area contributed by atoms with Crippen LogP contribution in [0.3, 0.4) is 0 Å². The second-order valence-electron chi connectivity index (χ2n) is 8.82. The van der Waals surface area contributed by atoms with Crippen LogP contribution in [0.4, 0.5) is 5.69 Å². The Kier molecular flexibility index (Phi) is 7.89. The molecule has 0 saturated carbocycles. The van der Waals surface area contributed by atoms with Crippen molar-refractivity contribution >= 4 is 33.2 Å². The molecule has 3 aromatic rings. The summed E-state index contributed by atoms with van der Waals surface area (Å²) in [5.74, 6) is 0.543. The highest BCUT2D eigenvalue weighted by molar-refractivity contribution is 7.92. The number of para-hydroxylation sites is 1. The normalized spacial score (nSPS) is 11.7. The Balaban J connectivity index is 1.58. The van der Waals surface area contributed by atoms with Crippen LogP contribution in [0, 0.1) is 0 Å². The topological polar surface area (TPSA) is 75.7 Å². The average Bonchev–Trinajstić information content (AvgIpc) is 2.81. The Hall–Kier alpha value is -3.03. The maximum atomic E-state index is 12.8. The highest BCUT2D eigenvalue weighted by Gasteiger charge is 2.21. The van der Waals surface area contributed by atoms with Gasteiger partial charge in [0.1, 0.15) is 12.4 Å². The molecule has 0 saturated heterocycles. The minimum absolute atomic E-state index is 0.0458. The maximum Gasteiger partial charge on any atom is 0.264 e. The summed E-state index contributed by atoms with van der Waals surface area (Å²) in [5, 5.41) is 3.29. The Morgan fingerprint density at radius 2 is 1.59 bits per heavy atom. The summed E-state index contributed by atoms with van der Waals surface area (Å²) in [7, 11) is -2.28. The first-order valence-corrected chi connectivity index (χ1v) is 12.7. The van der Waals surface area contributed by atoms with E-state index in [1.165, 1.54) is 35.6 Å². The lowest BCUT2D eigenvalue weighted by Gasteiger charge is -2.22. The molecule has 6 nitrogen and oxygen atoms in total. The van der Waals surface area contributed by atoms with Crippen molar-refractivity contribution in [1.29, 1.82) is 0 Å². The number of sulfonamides is 1. The largest absolute Gasteiger partial charge is 0.491 e. The molecule has 0 aliphatic heterocycles. The van der Waals surface area contributed by atoms with Crippen molar-refractivity contribution in [2.24, 2.45) is 0 Å². The Morgan fingerprint density at radius 1 is 0.971 bits per heavy atom. The first kappa shape index (κ1) is 25.6. The van der Waals surface area contributed by atoms with Crippen LogP contribution in [-0.4, -0.2) is 34.5 Å². The molecule has 34 heavy (non-hydrogen) atoms. The van der Waals surface area contributed by atoms with Gasteiger partial charge in [0.2, 0.25) is 0 Å². The van der Waals surface area contributed by atoms with Gasteiger partial charge >= 0.3 is 0 Å². The van der Waals surface area contributed by atoms with Crippen LogP contribution in [0.1, 0.15) is 36.7 Å². The summed E-state index contributed by atoms with van der Waals surface area (Å²) in [4.78, 5) is 12.6. The van der Waals surface area contributed by atoms with Gasteiger partial charge in [0, 0.05) is 17.6 Å². The zero-order chi connectivity index (χ0) is 24.9. The van der Waals surface area contributed by atoms with Gasteiger partial charge in [-0.1, -0.05) is 50.6 Å². The fourth-order valence-corrected chi connectivity index (χ4v) is 4.69. The molecule has 1 N–H and O–H groups in total. The predicted molar refractivity (Wildman–Crippen MR) is 136 cm³/mol. The molecule has 0 atom stereocenters. The smallest absolute Gasteiger partial charge is 0.264 e. The van der Waals surface area contributed by atoms with Crippen LogP contribution in [0.5, 0.6) is 5.75 Å². The summed E-state index contributed by atoms with van der Waals surface area (Å²) < 4.78 is 32.7. The molecule has 0 spiro atoms. The number of ether oxygens (including phenoxy) is 1. The van der Waals surface area contributed by atoms with Crippen molar-refractivity contribution in [2.75, 3.05) is 24.5 Å². The quantitative estimate of drug-likeness (QED) is 0.427. The molecule has 0 unspecified atom stereocenters. The summed E-state index contributed by atoms with van der Waals surface area (Å²) in [6.07, 6.45) is 0. The van der Waals surface area contributed by atoms with Crippen molar-refractivity contribution in [1.82, 2.24) is 5.32 Å². The predicted octanol–water partition coefficient (Wildman–Crippen LogP) is 5.27.